The third-order valence-corrected chi connectivity index (χ3v) is 5.99. The molecule has 0 unspecified atom stereocenters. The number of ether oxygens (including phenoxy) is 2. The van der Waals surface area contributed by atoms with Crippen molar-refractivity contribution in [3.63, 3.8) is 0 Å². The van der Waals surface area contributed by atoms with Gasteiger partial charge < -0.3 is 14.0 Å². The van der Waals surface area contributed by atoms with Crippen molar-refractivity contribution in [1.29, 1.82) is 0 Å². The largest absolute Gasteiger partial charge is 0.496 e. The fourth-order valence-corrected chi connectivity index (χ4v) is 4.19. The molecule has 0 fully saturated rings. The standard InChI is InChI=1S/C21H19ClN4O3S/c1-12-19(30-20(24-12)15-6-4-13(22)8-18(15)28-3)10-29-21(27)25-14-5-7-17-16(9-14)23-11-26(17)2/h4-9,11H,10H2,1-3H3,(H,25,27). The average Bonchev–Trinajstić information content (AvgIpc) is 3.28. The zero-order chi connectivity index (χ0) is 21.3. The normalized spacial score (nSPS) is 10.9. The number of aromatic nitrogens is 3. The van der Waals surface area contributed by atoms with Crippen molar-refractivity contribution in [3.8, 4) is 16.3 Å². The molecular formula is C21H19ClN4O3S. The number of anilines is 1. The van der Waals surface area contributed by atoms with Crippen molar-refractivity contribution in [1.82, 2.24) is 14.5 Å². The van der Waals surface area contributed by atoms with E-state index in [0.717, 1.165) is 32.2 Å². The Bertz CT molecular complexity index is 1230. The van der Waals surface area contributed by atoms with Gasteiger partial charge >= 0.3 is 6.09 Å². The Morgan fingerprint density at radius 3 is 2.90 bits per heavy atom. The molecule has 154 valence electrons. The van der Waals surface area contributed by atoms with Crippen LogP contribution in [0.3, 0.4) is 0 Å². The molecule has 0 atom stereocenters. The number of benzene rings is 2. The van der Waals surface area contributed by atoms with Gasteiger partial charge in [0.15, 0.2) is 0 Å². The van der Waals surface area contributed by atoms with Gasteiger partial charge in [0.2, 0.25) is 0 Å². The fraction of sp³-hybridized carbons (Fsp3) is 0.190. The number of carbonyl (C=O) groups is 1. The van der Waals surface area contributed by atoms with Crippen LogP contribution in [-0.2, 0) is 18.4 Å². The number of hydrogen-bond acceptors (Lipinski definition) is 6. The molecule has 1 amide bonds. The number of imidazole rings is 1. The Hall–Kier alpha value is -3.10. The van der Waals surface area contributed by atoms with E-state index in [1.54, 1.807) is 31.6 Å². The molecule has 0 bridgehead atoms. The lowest BCUT2D eigenvalue weighted by atomic mass is 10.2. The number of amides is 1. The maximum Gasteiger partial charge on any atom is 0.411 e. The van der Waals surface area contributed by atoms with Crippen molar-refractivity contribution >= 4 is 45.8 Å². The third kappa shape index (κ3) is 4.10. The quantitative estimate of drug-likeness (QED) is 0.446. The molecule has 2 aromatic heterocycles. The van der Waals surface area contributed by atoms with Crippen LogP contribution < -0.4 is 10.1 Å². The second kappa shape index (κ2) is 8.33. The van der Waals surface area contributed by atoms with Crippen LogP contribution in [0.25, 0.3) is 21.6 Å². The number of nitrogens with zero attached hydrogens (tertiary/aromatic N) is 3. The van der Waals surface area contributed by atoms with Gasteiger partial charge in [-0.2, -0.15) is 0 Å². The minimum Gasteiger partial charge on any atom is -0.496 e. The lowest BCUT2D eigenvalue weighted by molar-refractivity contribution is 0.156. The van der Waals surface area contributed by atoms with E-state index in [-0.39, 0.29) is 6.61 Å². The molecule has 2 aromatic carbocycles. The van der Waals surface area contributed by atoms with Crippen molar-refractivity contribution in [3.05, 3.63) is 58.3 Å². The summed E-state index contributed by atoms with van der Waals surface area (Å²) >= 11 is 7.49. The number of thiazole rings is 1. The van der Waals surface area contributed by atoms with Crippen molar-refractivity contribution in [2.24, 2.45) is 7.05 Å². The molecule has 0 aliphatic heterocycles. The second-order valence-corrected chi connectivity index (χ2v) is 8.15. The van der Waals surface area contributed by atoms with E-state index in [9.17, 15) is 4.79 Å². The average molecular weight is 443 g/mol. The zero-order valence-electron chi connectivity index (χ0n) is 16.6. The van der Waals surface area contributed by atoms with Gasteiger partial charge in [0.25, 0.3) is 0 Å². The topological polar surface area (TPSA) is 78.3 Å². The number of methoxy groups -OCH3 is 1. The Labute approximate surface area is 182 Å². The molecular weight excluding hydrogens is 424 g/mol. The highest BCUT2D eigenvalue weighted by molar-refractivity contribution is 7.15. The molecule has 0 radical (unpaired) electrons. The van der Waals surface area contributed by atoms with E-state index < -0.39 is 6.09 Å². The highest BCUT2D eigenvalue weighted by Crippen LogP contribution is 2.36. The summed E-state index contributed by atoms with van der Waals surface area (Å²) in [7, 11) is 3.51. The van der Waals surface area contributed by atoms with Gasteiger partial charge in [-0.15, -0.1) is 11.3 Å². The van der Waals surface area contributed by atoms with Gasteiger partial charge in [0.05, 0.1) is 40.6 Å². The smallest absolute Gasteiger partial charge is 0.411 e. The highest BCUT2D eigenvalue weighted by atomic mass is 35.5. The summed E-state index contributed by atoms with van der Waals surface area (Å²) < 4.78 is 12.7. The Balaban J connectivity index is 1.44. The highest BCUT2D eigenvalue weighted by Gasteiger charge is 2.15. The van der Waals surface area contributed by atoms with Gasteiger partial charge in [-0.3, -0.25) is 5.32 Å². The summed E-state index contributed by atoms with van der Waals surface area (Å²) in [5, 5.41) is 4.10. The first-order valence-electron chi connectivity index (χ1n) is 9.09. The predicted molar refractivity (Wildman–Crippen MR) is 118 cm³/mol. The number of fused-ring (bicyclic) bond motifs is 1. The van der Waals surface area contributed by atoms with Gasteiger partial charge in [-0.1, -0.05) is 11.6 Å². The summed E-state index contributed by atoms with van der Waals surface area (Å²) in [5.41, 5.74) is 4.05. The minimum absolute atomic E-state index is 0.122. The summed E-state index contributed by atoms with van der Waals surface area (Å²) in [5.74, 6) is 0.645. The van der Waals surface area contributed by atoms with Crippen LogP contribution in [0.2, 0.25) is 5.02 Å². The van der Waals surface area contributed by atoms with Gasteiger partial charge in [0.1, 0.15) is 17.4 Å². The molecule has 4 rings (SSSR count). The first kappa shape index (κ1) is 20.2. The number of aryl methyl sites for hydroxylation is 2. The van der Waals surface area contributed by atoms with Gasteiger partial charge in [-0.05, 0) is 43.3 Å². The molecule has 4 aromatic rings. The predicted octanol–water partition coefficient (Wildman–Crippen LogP) is 5.42. The van der Waals surface area contributed by atoms with Crippen LogP contribution in [0, 0.1) is 6.92 Å². The van der Waals surface area contributed by atoms with Crippen LogP contribution in [0.15, 0.2) is 42.7 Å². The van der Waals surface area contributed by atoms with E-state index in [4.69, 9.17) is 21.1 Å². The maximum atomic E-state index is 12.2. The molecule has 2 heterocycles. The Kier molecular flexibility index (Phi) is 5.61. The van der Waals surface area contributed by atoms with E-state index in [2.05, 4.69) is 15.3 Å². The molecule has 9 heteroatoms. The van der Waals surface area contributed by atoms with Crippen LogP contribution in [0.1, 0.15) is 10.6 Å². The lowest BCUT2D eigenvalue weighted by Gasteiger charge is -2.07. The summed E-state index contributed by atoms with van der Waals surface area (Å²) in [4.78, 5) is 22.0. The van der Waals surface area contributed by atoms with E-state index >= 15 is 0 Å². The SMILES string of the molecule is COc1cc(Cl)ccc1-c1nc(C)c(COC(=O)Nc2ccc3c(c2)ncn3C)s1. The molecule has 7 nitrogen and oxygen atoms in total. The van der Waals surface area contributed by atoms with Gasteiger partial charge in [-0.25, -0.2) is 14.8 Å². The summed E-state index contributed by atoms with van der Waals surface area (Å²) in [6.45, 7) is 2.01. The van der Waals surface area contributed by atoms with Crippen LogP contribution in [0.4, 0.5) is 10.5 Å². The number of rotatable bonds is 5. The molecule has 0 saturated carbocycles. The summed E-state index contributed by atoms with van der Waals surface area (Å²) in [6.07, 6.45) is 1.19. The van der Waals surface area contributed by atoms with Crippen LogP contribution in [0.5, 0.6) is 5.75 Å². The lowest BCUT2D eigenvalue weighted by Crippen LogP contribution is -2.13. The molecule has 30 heavy (non-hydrogen) atoms. The maximum absolute atomic E-state index is 12.2. The Morgan fingerprint density at radius 2 is 2.10 bits per heavy atom. The number of halogens is 1. The number of hydrogen-bond donors (Lipinski definition) is 1. The van der Waals surface area contributed by atoms with E-state index in [0.29, 0.717) is 16.5 Å². The first-order valence-corrected chi connectivity index (χ1v) is 10.3. The molecule has 0 aliphatic rings. The minimum atomic E-state index is -0.538. The molecule has 1 N–H and O–H groups in total. The van der Waals surface area contributed by atoms with E-state index in [1.807, 2.05) is 36.7 Å². The van der Waals surface area contributed by atoms with Crippen molar-refractivity contribution in [2.75, 3.05) is 12.4 Å². The fourth-order valence-electron chi connectivity index (χ4n) is 3.02. The first-order chi connectivity index (χ1) is 14.4. The molecule has 0 aliphatic carbocycles. The molecule has 0 saturated heterocycles. The number of nitrogens with one attached hydrogen (secondary N) is 1. The molecule has 0 spiro atoms. The third-order valence-electron chi connectivity index (χ3n) is 4.59. The monoisotopic (exact) mass is 442 g/mol. The van der Waals surface area contributed by atoms with Crippen LogP contribution >= 0.6 is 22.9 Å². The van der Waals surface area contributed by atoms with Crippen molar-refractivity contribution < 1.29 is 14.3 Å². The zero-order valence-corrected chi connectivity index (χ0v) is 18.2. The number of carbonyl (C=O) groups excluding carboxylic acids is 1. The Morgan fingerprint density at radius 1 is 1.27 bits per heavy atom. The van der Waals surface area contributed by atoms with Crippen LogP contribution in [-0.4, -0.2) is 27.7 Å². The van der Waals surface area contributed by atoms with Gasteiger partial charge in [0, 0.05) is 17.8 Å². The van der Waals surface area contributed by atoms with E-state index in [1.165, 1.54) is 11.3 Å². The van der Waals surface area contributed by atoms with Crippen molar-refractivity contribution in [2.45, 2.75) is 13.5 Å². The second-order valence-electron chi connectivity index (χ2n) is 6.63. The summed E-state index contributed by atoms with van der Waals surface area (Å²) in [6, 6.07) is 10.9.